The predicted molar refractivity (Wildman–Crippen MR) is 82.3 cm³/mol. The zero-order valence-corrected chi connectivity index (χ0v) is 13.0. The maximum absolute atomic E-state index is 13.5. The first-order chi connectivity index (χ1) is 9.51. The van der Waals surface area contributed by atoms with E-state index >= 15 is 0 Å². The van der Waals surface area contributed by atoms with Crippen molar-refractivity contribution in [2.45, 2.75) is 4.90 Å². The molecule has 0 saturated carbocycles. The number of carbonyl (C=O) groups is 1. The second-order valence-electron chi connectivity index (χ2n) is 3.97. The molecule has 0 heterocycles. The normalized spacial score (nSPS) is 10.2. The van der Waals surface area contributed by atoms with Crippen LogP contribution in [0.15, 0.2) is 45.8 Å². The Balaban J connectivity index is 2.23. The van der Waals surface area contributed by atoms with Gasteiger partial charge in [-0.2, -0.15) is 0 Å². The minimum absolute atomic E-state index is 0.126. The number of methoxy groups -OCH3 is 1. The van der Waals surface area contributed by atoms with Crippen LogP contribution in [-0.4, -0.2) is 13.0 Å². The van der Waals surface area contributed by atoms with Gasteiger partial charge in [-0.25, -0.2) is 4.39 Å². The SMILES string of the molecule is COc1ccc(NC(=O)c2cc(S)ccc2Br)cc1F. The minimum atomic E-state index is -0.535. The highest BCUT2D eigenvalue weighted by molar-refractivity contribution is 9.10. The molecule has 1 N–H and O–H groups in total. The third kappa shape index (κ3) is 3.32. The van der Waals surface area contributed by atoms with Crippen molar-refractivity contribution in [3.8, 4) is 5.75 Å². The second kappa shape index (κ2) is 6.28. The molecule has 0 unspecified atom stereocenters. The van der Waals surface area contributed by atoms with Crippen molar-refractivity contribution in [3.63, 3.8) is 0 Å². The molecule has 0 atom stereocenters. The molecule has 0 spiro atoms. The number of anilines is 1. The standard InChI is InChI=1S/C14H11BrFNO2S/c1-19-13-5-2-8(6-12(13)16)17-14(18)10-7-9(20)3-4-11(10)15/h2-7,20H,1H3,(H,17,18). The van der Waals surface area contributed by atoms with Crippen LogP contribution in [0.1, 0.15) is 10.4 Å². The fourth-order valence-electron chi connectivity index (χ4n) is 1.63. The van der Waals surface area contributed by atoms with Crippen LogP contribution in [0, 0.1) is 5.82 Å². The van der Waals surface area contributed by atoms with Crippen LogP contribution in [0.5, 0.6) is 5.75 Å². The van der Waals surface area contributed by atoms with Crippen LogP contribution >= 0.6 is 28.6 Å². The van der Waals surface area contributed by atoms with Gasteiger partial charge in [0.15, 0.2) is 11.6 Å². The Morgan fingerprint density at radius 2 is 2.05 bits per heavy atom. The highest BCUT2D eigenvalue weighted by Gasteiger charge is 2.12. The number of nitrogens with one attached hydrogen (secondary N) is 1. The maximum atomic E-state index is 13.5. The maximum Gasteiger partial charge on any atom is 0.256 e. The fraction of sp³-hybridized carbons (Fsp3) is 0.0714. The van der Waals surface area contributed by atoms with Crippen molar-refractivity contribution < 1.29 is 13.9 Å². The quantitative estimate of drug-likeness (QED) is 0.812. The van der Waals surface area contributed by atoms with Gasteiger partial charge in [-0.3, -0.25) is 4.79 Å². The summed E-state index contributed by atoms with van der Waals surface area (Å²) in [7, 11) is 1.38. The monoisotopic (exact) mass is 355 g/mol. The molecular weight excluding hydrogens is 345 g/mol. The topological polar surface area (TPSA) is 38.3 Å². The summed E-state index contributed by atoms with van der Waals surface area (Å²) in [4.78, 5) is 12.8. The van der Waals surface area contributed by atoms with Gasteiger partial charge in [-0.05, 0) is 46.3 Å². The van der Waals surface area contributed by atoms with Gasteiger partial charge in [-0.15, -0.1) is 12.6 Å². The van der Waals surface area contributed by atoms with Crippen LogP contribution in [0.3, 0.4) is 0 Å². The third-order valence-corrected chi connectivity index (χ3v) is 3.57. The summed E-state index contributed by atoms with van der Waals surface area (Å²) >= 11 is 7.48. The molecule has 104 valence electrons. The molecule has 0 aliphatic carbocycles. The Hall–Kier alpha value is -1.53. The number of hydrogen-bond acceptors (Lipinski definition) is 3. The number of hydrogen-bond donors (Lipinski definition) is 2. The molecule has 0 radical (unpaired) electrons. The first kappa shape index (κ1) is 14.9. The highest BCUT2D eigenvalue weighted by Crippen LogP contribution is 2.24. The Bertz CT molecular complexity index is 664. The van der Waals surface area contributed by atoms with Crippen molar-refractivity contribution >= 4 is 40.2 Å². The molecule has 6 heteroatoms. The Labute approximate surface area is 129 Å². The van der Waals surface area contributed by atoms with E-state index in [0.29, 0.717) is 20.6 Å². The summed E-state index contributed by atoms with van der Waals surface area (Å²) in [6, 6.07) is 9.34. The van der Waals surface area contributed by atoms with Crippen molar-refractivity contribution in [1.29, 1.82) is 0 Å². The number of carbonyl (C=O) groups excluding carboxylic acids is 1. The molecule has 2 aromatic rings. The van der Waals surface area contributed by atoms with Crippen LogP contribution < -0.4 is 10.1 Å². The molecule has 0 fully saturated rings. The lowest BCUT2D eigenvalue weighted by molar-refractivity contribution is 0.102. The smallest absolute Gasteiger partial charge is 0.256 e. The van der Waals surface area contributed by atoms with E-state index in [1.165, 1.54) is 19.2 Å². The summed E-state index contributed by atoms with van der Waals surface area (Å²) in [5.74, 6) is -0.758. The molecule has 3 nitrogen and oxygen atoms in total. The lowest BCUT2D eigenvalue weighted by atomic mass is 10.2. The fourth-order valence-corrected chi connectivity index (χ4v) is 2.26. The molecule has 0 aliphatic rings. The average molecular weight is 356 g/mol. The Kier molecular flexibility index (Phi) is 4.67. The summed E-state index contributed by atoms with van der Waals surface area (Å²) < 4.78 is 19.0. The van der Waals surface area contributed by atoms with Crippen LogP contribution in [0.2, 0.25) is 0 Å². The summed E-state index contributed by atoms with van der Waals surface area (Å²) in [5, 5.41) is 2.62. The Morgan fingerprint density at radius 3 is 2.70 bits per heavy atom. The average Bonchev–Trinajstić information content (AvgIpc) is 2.41. The van der Waals surface area contributed by atoms with Crippen molar-refractivity contribution in [1.82, 2.24) is 0 Å². The summed E-state index contributed by atoms with van der Waals surface area (Å²) in [5.41, 5.74) is 0.776. The van der Waals surface area contributed by atoms with E-state index in [1.54, 1.807) is 24.3 Å². The van der Waals surface area contributed by atoms with Crippen molar-refractivity contribution in [2.75, 3.05) is 12.4 Å². The van der Waals surface area contributed by atoms with Gasteiger partial charge >= 0.3 is 0 Å². The van der Waals surface area contributed by atoms with Gasteiger partial charge in [0.2, 0.25) is 0 Å². The van der Waals surface area contributed by atoms with Gasteiger partial charge in [0.1, 0.15) is 0 Å². The van der Waals surface area contributed by atoms with Crippen LogP contribution in [0.4, 0.5) is 10.1 Å². The lowest BCUT2D eigenvalue weighted by Gasteiger charge is -2.09. The zero-order chi connectivity index (χ0) is 14.7. The number of ether oxygens (including phenoxy) is 1. The van der Waals surface area contributed by atoms with Crippen molar-refractivity contribution in [3.05, 3.63) is 52.3 Å². The van der Waals surface area contributed by atoms with E-state index < -0.39 is 5.82 Å². The molecule has 2 rings (SSSR count). The number of benzene rings is 2. The Morgan fingerprint density at radius 1 is 1.30 bits per heavy atom. The van der Waals surface area contributed by atoms with Gasteiger partial charge in [0.05, 0.1) is 12.7 Å². The number of halogens is 2. The largest absolute Gasteiger partial charge is 0.494 e. The lowest BCUT2D eigenvalue weighted by Crippen LogP contribution is -2.12. The van der Waals surface area contributed by atoms with Gasteiger partial charge in [-0.1, -0.05) is 0 Å². The second-order valence-corrected chi connectivity index (χ2v) is 5.34. The van der Waals surface area contributed by atoms with Gasteiger partial charge < -0.3 is 10.1 Å². The third-order valence-electron chi connectivity index (χ3n) is 2.60. The molecule has 0 aliphatic heterocycles. The highest BCUT2D eigenvalue weighted by atomic mass is 79.9. The molecule has 0 bridgehead atoms. The van der Waals surface area contributed by atoms with E-state index in [4.69, 9.17) is 4.74 Å². The first-order valence-corrected chi connectivity index (χ1v) is 6.88. The molecule has 0 saturated heterocycles. The molecule has 0 aromatic heterocycles. The minimum Gasteiger partial charge on any atom is -0.494 e. The van der Waals surface area contributed by atoms with Crippen LogP contribution in [-0.2, 0) is 0 Å². The van der Waals surface area contributed by atoms with E-state index in [0.717, 1.165) is 0 Å². The zero-order valence-electron chi connectivity index (χ0n) is 10.5. The summed E-state index contributed by atoms with van der Waals surface area (Å²) in [6.45, 7) is 0. The van der Waals surface area contributed by atoms with E-state index in [9.17, 15) is 9.18 Å². The van der Waals surface area contributed by atoms with E-state index in [-0.39, 0.29) is 11.7 Å². The molecule has 20 heavy (non-hydrogen) atoms. The van der Waals surface area contributed by atoms with Gasteiger partial charge in [0.25, 0.3) is 5.91 Å². The number of thiol groups is 1. The molecule has 1 amide bonds. The van der Waals surface area contributed by atoms with E-state index in [1.807, 2.05) is 0 Å². The predicted octanol–water partition coefficient (Wildman–Crippen LogP) is 4.14. The van der Waals surface area contributed by atoms with Gasteiger partial charge in [0, 0.05) is 21.1 Å². The molecular formula is C14H11BrFNO2S. The van der Waals surface area contributed by atoms with Crippen LogP contribution in [0.25, 0.3) is 0 Å². The number of amides is 1. The van der Waals surface area contributed by atoms with E-state index in [2.05, 4.69) is 33.9 Å². The van der Waals surface area contributed by atoms with Crippen molar-refractivity contribution in [2.24, 2.45) is 0 Å². The first-order valence-electron chi connectivity index (χ1n) is 5.64. The summed E-state index contributed by atoms with van der Waals surface area (Å²) in [6.07, 6.45) is 0. The number of rotatable bonds is 3. The molecule has 2 aromatic carbocycles.